The fourth-order valence-electron chi connectivity index (χ4n) is 3.26. The summed E-state index contributed by atoms with van der Waals surface area (Å²) >= 11 is 3.38. The lowest BCUT2D eigenvalue weighted by atomic mass is 10.1. The molecule has 0 saturated carbocycles. The van der Waals surface area contributed by atoms with Crippen LogP contribution in [-0.4, -0.2) is 25.7 Å². The van der Waals surface area contributed by atoms with E-state index in [0.717, 1.165) is 40.7 Å². The minimum Gasteiger partial charge on any atom is -0.464 e. The SMILES string of the molecule is Brc1ccc2occc2c1.CC1CN(c2ccc3occc3c2)CCN1. The van der Waals surface area contributed by atoms with Gasteiger partial charge in [-0.25, -0.2) is 0 Å². The van der Waals surface area contributed by atoms with Crippen molar-refractivity contribution in [1.29, 1.82) is 0 Å². The largest absolute Gasteiger partial charge is 0.464 e. The zero-order valence-corrected chi connectivity index (χ0v) is 16.2. The number of nitrogens with zero attached hydrogens (tertiary/aromatic N) is 1. The van der Waals surface area contributed by atoms with Gasteiger partial charge in [-0.3, -0.25) is 0 Å². The van der Waals surface area contributed by atoms with Crippen LogP contribution in [0.5, 0.6) is 0 Å². The van der Waals surface area contributed by atoms with Crippen LogP contribution in [0.1, 0.15) is 6.92 Å². The maximum absolute atomic E-state index is 5.35. The van der Waals surface area contributed by atoms with Crippen molar-refractivity contribution in [3.05, 3.63) is 65.5 Å². The van der Waals surface area contributed by atoms with Crippen molar-refractivity contribution in [2.75, 3.05) is 24.5 Å². The van der Waals surface area contributed by atoms with Crippen LogP contribution in [0.15, 0.2) is 74.4 Å². The summed E-state index contributed by atoms with van der Waals surface area (Å²) in [6, 6.07) is 16.9. The first-order valence-corrected chi connectivity index (χ1v) is 9.57. The number of fused-ring (bicyclic) bond motifs is 2. The molecular formula is C21H21BrN2O2. The molecule has 134 valence electrons. The van der Waals surface area contributed by atoms with Gasteiger partial charge in [0.2, 0.25) is 0 Å². The summed E-state index contributed by atoms with van der Waals surface area (Å²) in [6.07, 6.45) is 3.44. The summed E-state index contributed by atoms with van der Waals surface area (Å²) < 4.78 is 11.6. The molecule has 0 bridgehead atoms. The van der Waals surface area contributed by atoms with Gasteiger partial charge in [-0.2, -0.15) is 0 Å². The van der Waals surface area contributed by atoms with Crippen molar-refractivity contribution in [2.24, 2.45) is 0 Å². The van der Waals surface area contributed by atoms with Crippen LogP contribution in [0.3, 0.4) is 0 Å². The number of hydrogen-bond donors (Lipinski definition) is 1. The summed E-state index contributed by atoms with van der Waals surface area (Å²) in [5, 5.41) is 5.77. The number of rotatable bonds is 1. The Kier molecular flexibility index (Phi) is 5.00. The normalized spacial score (nSPS) is 17.3. The van der Waals surface area contributed by atoms with Gasteiger partial charge < -0.3 is 19.1 Å². The van der Waals surface area contributed by atoms with Gasteiger partial charge in [0.05, 0.1) is 12.5 Å². The van der Waals surface area contributed by atoms with Gasteiger partial charge in [-0.15, -0.1) is 0 Å². The van der Waals surface area contributed by atoms with Gasteiger partial charge in [0.1, 0.15) is 11.2 Å². The van der Waals surface area contributed by atoms with Crippen LogP contribution in [0.2, 0.25) is 0 Å². The fourth-order valence-corrected chi connectivity index (χ4v) is 3.63. The summed E-state index contributed by atoms with van der Waals surface area (Å²) in [7, 11) is 0. The highest BCUT2D eigenvalue weighted by molar-refractivity contribution is 9.10. The predicted octanol–water partition coefficient (Wildman–Crippen LogP) is 5.43. The molecule has 0 spiro atoms. The van der Waals surface area contributed by atoms with Crippen molar-refractivity contribution in [3.8, 4) is 0 Å². The van der Waals surface area contributed by atoms with Crippen molar-refractivity contribution in [3.63, 3.8) is 0 Å². The molecule has 1 aliphatic rings. The van der Waals surface area contributed by atoms with Crippen LogP contribution in [0.4, 0.5) is 5.69 Å². The van der Waals surface area contributed by atoms with E-state index in [1.807, 2.05) is 30.3 Å². The number of benzene rings is 2. The molecule has 5 heteroatoms. The number of piperazine rings is 1. The molecule has 0 radical (unpaired) electrons. The summed E-state index contributed by atoms with van der Waals surface area (Å²) in [6.45, 7) is 5.43. The lowest BCUT2D eigenvalue weighted by molar-refractivity contribution is 0.485. The second-order valence-corrected chi connectivity index (χ2v) is 7.46. The molecule has 1 N–H and O–H groups in total. The highest BCUT2D eigenvalue weighted by Crippen LogP contribution is 2.23. The third-order valence-corrected chi connectivity index (χ3v) is 5.08. The Balaban J connectivity index is 0.000000144. The highest BCUT2D eigenvalue weighted by atomic mass is 79.9. The quantitative estimate of drug-likeness (QED) is 0.452. The third kappa shape index (κ3) is 3.79. The molecule has 2 aromatic carbocycles. The van der Waals surface area contributed by atoms with Crippen molar-refractivity contribution < 1.29 is 8.83 Å². The van der Waals surface area contributed by atoms with Gasteiger partial charge >= 0.3 is 0 Å². The van der Waals surface area contributed by atoms with E-state index in [1.54, 1.807) is 12.5 Å². The van der Waals surface area contributed by atoms with E-state index in [2.05, 4.69) is 51.3 Å². The Bertz CT molecular complexity index is 1010. The first-order chi connectivity index (χ1) is 12.7. The number of furan rings is 2. The van der Waals surface area contributed by atoms with Gasteiger partial charge in [0.25, 0.3) is 0 Å². The molecular weight excluding hydrogens is 392 g/mol. The van der Waals surface area contributed by atoms with E-state index in [-0.39, 0.29) is 0 Å². The molecule has 4 aromatic rings. The molecule has 1 unspecified atom stereocenters. The average molecular weight is 413 g/mol. The maximum Gasteiger partial charge on any atom is 0.133 e. The molecule has 1 fully saturated rings. The average Bonchev–Trinajstić information content (AvgIpc) is 3.30. The van der Waals surface area contributed by atoms with Crippen LogP contribution < -0.4 is 10.2 Å². The molecule has 0 amide bonds. The van der Waals surface area contributed by atoms with Crippen LogP contribution in [0.25, 0.3) is 21.9 Å². The summed E-state index contributed by atoms with van der Waals surface area (Å²) in [5.41, 5.74) is 3.19. The van der Waals surface area contributed by atoms with E-state index in [0.29, 0.717) is 6.04 Å². The monoisotopic (exact) mass is 412 g/mol. The maximum atomic E-state index is 5.35. The Morgan fingerprint density at radius 3 is 2.38 bits per heavy atom. The van der Waals surface area contributed by atoms with E-state index in [4.69, 9.17) is 8.83 Å². The van der Waals surface area contributed by atoms with Crippen LogP contribution in [0, 0.1) is 0 Å². The molecule has 3 heterocycles. The predicted molar refractivity (Wildman–Crippen MR) is 110 cm³/mol. The highest BCUT2D eigenvalue weighted by Gasteiger charge is 2.16. The summed E-state index contributed by atoms with van der Waals surface area (Å²) in [5.74, 6) is 0. The molecule has 1 aliphatic heterocycles. The Morgan fingerprint density at radius 2 is 1.65 bits per heavy atom. The third-order valence-electron chi connectivity index (χ3n) is 4.58. The zero-order chi connectivity index (χ0) is 17.9. The topological polar surface area (TPSA) is 41.6 Å². The molecule has 1 saturated heterocycles. The van der Waals surface area contributed by atoms with Gasteiger partial charge in [-0.1, -0.05) is 15.9 Å². The smallest absolute Gasteiger partial charge is 0.133 e. The first-order valence-electron chi connectivity index (χ1n) is 8.77. The lowest BCUT2D eigenvalue weighted by Crippen LogP contribution is -2.49. The van der Waals surface area contributed by atoms with Crippen molar-refractivity contribution >= 4 is 43.6 Å². The van der Waals surface area contributed by atoms with E-state index in [9.17, 15) is 0 Å². The lowest BCUT2D eigenvalue weighted by Gasteiger charge is -2.33. The summed E-state index contributed by atoms with van der Waals surface area (Å²) in [4.78, 5) is 2.42. The van der Waals surface area contributed by atoms with Crippen LogP contribution in [-0.2, 0) is 0 Å². The van der Waals surface area contributed by atoms with E-state index >= 15 is 0 Å². The van der Waals surface area contributed by atoms with E-state index in [1.165, 1.54) is 11.1 Å². The molecule has 2 aromatic heterocycles. The molecule has 5 rings (SSSR count). The number of hydrogen-bond acceptors (Lipinski definition) is 4. The number of nitrogens with one attached hydrogen (secondary N) is 1. The second kappa shape index (κ2) is 7.56. The first kappa shape index (κ1) is 17.2. The Morgan fingerprint density at radius 1 is 0.962 bits per heavy atom. The Labute approximate surface area is 160 Å². The Hall–Kier alpha value is -2.24. The van der Waals surface area contributed by atoms with E-state index < -0.39 is 0 Å². The number of halogens is 1. The van der Waals surface area contributed by atoms with Crippen molar-refractivity contribution in [2.45, 2.75) is 13.0 Å². The minimum atomic E-state index is 0.564. The fraction of sp³-hybridized carbons (Fsp3) is 0.238. The van der Waals surface area contributed by atoms with Gasteiger partial charge in [-0.05, 0) is 55.5 Å². The number of anilines is 1. The van der Waals surface area contributed by atoms with Crippen LogP contribution >= 0.6 is 15.9 Å². The van der Waals surface area contributed by atoms with Gasteiger partial charge in [0, 0.05) is 46.6 Å². The molecule has 4 nitrogen and oxygen atoms in total. The molecule has 1 atom stereocenters. The zero-order valence-electron chi connectivity index (χ0n) is 14.6. The van der Waals surface area contributed by atoms with Gasteiger partial charge in [0.15, 0.2) is 0 Å². The van der Waals surface area contributed by atoms with Crippen molar-refractivity contribution in [1.82, 2.24) is 5.32 Å². The molecule has 0 aliphatic carbocycles. The minimum absolute atomic E-state index is 0.564. The standard InChI is InChI=1S/C13H16N2O.C8H5BrO/c1-10-9-15(6-5-14-10)12-2-3-13-11(8-12)4-7-16-13;9-7-1-2-8-6(5-7)3-4-10-8/h2-4,7-8,10,14H,5-6,9H2,1H3;1-5H. The molecule has 26 heavy (non-hydrogen) atoms. The second-order valence-electron chi connectivity index (χ2n) is 6.55.